The van der Waals surface area contributed by atoms with E-state index >= 15 is 0 Å². The molecule has 0 spiro atoms. The molecule has 4 N–H and O–H groups in total. The molecule has 4 unspecified atom stereocenters. The fourth-order valence-corrected chi connectivity index (χ4v) is 10.8. The van der Waals surface area contributed by atoms with E-state index in [1.807, 2.05) is 24.3 Å². The standard InChI is InChI=1S/C44H62N2O4/c1-29(2)7-6-8-30(3)37-17-18-38-36-16-12-32-27-35(21-23-43(32,4)39(36)22-24-44(37,38)5)50-34-14-9-31(10-15-34)11-20-42(47)49-26-25-48-41-19-13-33(45)28-40(41)46/h9-15,19-20,28-30,35-39H,6-8,16-18,21-27,45-46H2,1-5H3/t30-,35?,36?,37-,38?,39?,43+,44-/m1/s1. The Morgan fingerprint density at radius 1 is 0.940 bits per heavy atom. The second kappa shape index (κ2) is 15.5. The summed E-state index contributed by atoms with van der Waals surface area (Å²) < 4.78 is 17.4. The Kier molecular flexibility index (Phi) is 11.2. The van der Waals surface area contributed by atoms with Crippen molar-refractivity contribution in [1.82, 2.24) is 0 Å². The molecule has 4 aliphatic carbocycles. The van der Waals surface area contributed by atoms with Crippen LogP contribution in [0.4, 0.5) is 11.4 Å². The smallest absolute Gasteiger partial charge is 0.330 e. The molecule has 3 saturated carbocycles. The Labute approximate surface area is 301 Å². The number of allylic oxidation sites excluding steroid dienone is 1. The van der Waals surface area contributed by atoms with E-state index < -0.39 is 5.97 Å². The van der Waals surface area contributed by atoms with Gasteiger partial charge in [-0.05, 0) is 133 Å². The molecule has 4 aliphatic rings. The summed E-state index contributed by atoms with van der Waals surface area (Å²) in [6.07, 6.45) is 20.6. The minimum Gasteiger partial charge on any atom is -0.490 e. The number of benzene rings is 2. The number of ether oxygens (including phenoxy) is 3. The molecule has 0 aliphatic heterocycles. The molecule has 6 nitrogen and oxygen atoms in total. The highest BCUT2D eigenvalue weighted by atomic mass is 16.6. The zero-order valence-corrected chi connectivity index (χ0v) is 31.3. The fraction of sp³-hybridized carbons (Fsp3) is 0.614. The van der Waals surface area contributed by atoms with Gasteiger partial charge in [-0.1, -0.05) is 77.7 Å². The number of rotatable bonds is 13. The van der Waals surface area contributed by atoms with Gasteiger partial charge in [-0.3, -0.25) is 0 Å². The lowest BCUT2D eigenvalue weighted by molar-refractivity contribution is -0.138. The molecule has 0 bridgehead atoms. The Morgan fingerprint density at radius 2 is 1.74 bits per heavy atom. The zero-order chi connectivity index (χ0) is 35.5. The molecule has 0 amide bonds. The molecule has 3 fully saturated rings. The first kappa shape index (κ1) is 36.4. The van der Waals surface area contributed by atoms with E-state index in [0.717, 1.165) is 59.7 Å². The first-order valence-corrected chi connectivity index (χ1v) is 19.5. The molecular formula is C44H62N2O4. The fourth-order valence-electron chi connectivity index (χ4n) is 10.8. The quantitative estimate of drug-likeness (QED) is 0.0718. The molecule has 0 radical (unpaired) electrons. The molecular weight excluding hydrogens is 620 g/mol. The summed E-state index contributed by atoms with van der Waals surface area (Å²) in [5.41, 5.74) is 16.1. The van der Waals surface area contributed by atoms with Gasteiger partial charge >= 0.3 is 5.97 Å². The third-order valence-corrected chi connectivity index (χ3v) is 13.5. The SMILES string of the molecule is CC(C)CCC[C@@H](C)[C@H]1CCC2C3CC=C4CC(Oc5ccc(C=CC(=O)OCCOc6ccc(N)cc6N)cc5)CC[C@]4(C)C3CC[C@@]21C. The highest BCUT2D eigenvalue weighted by Gasteiger charge is 2.59. The summed E-state index contributed by atoms with van der Waals surface area (Å²) in [5.74, 6) is 6.15. The highest BCUT2D eigenvalue weighted by molar-refractivity contribution is 5.87. The summed E-state index contributed by atoms with van der Waals surface area (Å²) in [5, 5.41) is 0. The van der Waals surface area contributed by atoms with Crippen LogP contribution in [-0.4, -0.2) is 25.3 Å². The molecule has 6 heteroatoms. The first-order valence-electron chi connectivity index (χ1n) is 19.5. The van der Waals surface area contributed by atoms with Crippen molar-refractivity contribution in [3.05, 3.63) is 65.8 Å². The van der Waals surface area contributed by atoms with Crippen molar-refractivity contribution in [3.63, 3.8) is 0 Å². The van der Waals surface area contributed by atoms with E-state index in [2.05, 4.69) is 40.7 Å². The van der Waals surface area contributed by atoms with Gasteiger partial charge in [0.05, 0.1) is 5.69 Å². The van der Waals surface area contributed by atoms with Crippen LogP contribution < -0.4 is 20.9 Å². The van der Waals surface area contributed by atoms with E-state index in [4.69, 9.17) is 25.7 Å². The van der Waals surface area contributed by atoms with Gasteiger partial charge in [0.2, 0.25) is 0 Å². The third-order valence-electron chi connectivity index (χ3n) is 13.5. The Morgan fingerprint density at radius 3 is 2.50 bits per heavy atom. The van der Waals surface area contributed by atoms with Crippen molar-refractivity contribution in [2.75, 3.05) is 24.7 Å². The molecule has 0 aromatic heterocycles. The van der Waals surface area contributed by atoms with Gasteiger partial charge in [0, 0.05) is 18.2 Å². The lowest BCUT2D eigenvalue weighted by Crippen LogP contribution is -2.51. The summed E-state index contributed by atoms with van der Waals surface area (Å²) >= 11 is 0. The zero-order valence-electron chi connectivity index (χ0n) is 31.3. The minimum absolute atomic E-state index is 0.121. The van der Waals surface area contributed by atoms with Gasteiger partial charge in [0.15, 0.2) is 0 Å². The average Bonchev–Trinajstić information content (AvgIpc) is 3.44. The van der Waals surface area contributed by atoms with Crippen molar-refractivity contribution in [2.24, 2.45) is 46.3 Å². The molecule has 6 rings (SSSR count). The number of hydrogen-bond donors (Lipinski definition) is 2. The first-order chi connectivity index (χ1) is 24.0. The maximum absolute atomic E-state index is 12.2. The van der Waals surface area contributed by atoms with E-state index in [1.165, 1.54) is 63.9 Å². The van der Waals surface area contributed by atoms with Crippen molar-refractivity contribution in [3.8, 4) is 11.5 Å². The third kappa shape index (κ3) is 7.90. The Hall–Kier alpha value is -3.41. The monoisotopic (exact) mass is 682 g/mol. The maximum Gasteiger partial charge on any atom is 0.330 e. The van der Waals surface area contributed by atoms with Crippen LogP contribution in [0.25, 0.3) is 6.08 Å². The van der Waals surface area contributed by atoms with Gasteiger partial charge < -0.3 is 25.7 Å². The predicted molar refractivity (Wildman–Crippen MR) is 205 cm³/mol. The number of nitrogens with two attached hydrogens (primary N) is 2. The van der Waals surface area contributed by atoms with Crippen molar-refractivity contribution in [2.45, 2.75) is 111 Å². The van der Waals surface area contributed by atoms with Crippen LogP contribution >= 0.6 is 0 Å². The van der Waals surface area contributed by atoms with Crippen LogP contribution in [0.1, 0.15) is 111 Å². The summed E-state index contributed by atoms with van der Waals surface area (Å²) in [6, 6.07) is 13.1. The largest absolute Gasteiger partial charge is 0.490 e. The highest BCUT2D eigenvalue weighted by Crippen LogP contribution is 2.67. The molecule has 272 valence electrons. The lowest BCUT2D eigenvalue weighted by atomic mass is 9.47. The number of fused-ring (bicyclic) bond motifs is 5. The number of nitrogen functional groups attached to an aromatic ring is 2. The van der Waals surface area contributed by atoms with E-state index in [-0.39, 0.29) is 19.3 Å². The predicted octanol–water partition coefficient (Wildman–Crippen LogP) is 10.3. The second-order valence-electron chi connectivity index (χ2n) is 17.0. The number of anilines is 2. The van der Waals surface area contributed by atoms with Crippen LogP contribution in [0.5, 0.6) is 11.5 Å². The van der Waals surface area contributed by atoms with Gasteiger partial charge in [0.25, 0.3) is 0 Å². The normalized spacial score (nSPS) is 31.0. The minimum atomic E-state index is -0.422. The number of carbonyl (C=O) groups is 1. The lowest BCUT2D eigenvalue weighted by Gasteiger charge is -2.58. The summed E-state index contributed by atoms with van der Waals surface area (Å²) in [4.78, 5) is 12.2. The number of esters is 1. The van der Waals surface area contributed by atoms with Crippen LogP contribution in [0, 0.1) is 46.3 Å². The van der Waals surface area contributed by atoms with E-state index in [0.29, 0.717) is 28.0 Å². The molecule has 2 aromatic carbocycles. The van der Waals surface area contributed by atoms with Gasteiger partial charge in [-0.15, -0.1) is 0 Å². The van der Waals surface area contributed by atoms with Gasteiger partial charge in [-0.25, -0.2) is 4.79 Å². The van der Waals surface area contributed by atoms with Crippen molar-refractivity contribution >= 4 is 23.4 Å². The van der Waals surface area contributed by atoms with Crippen LogP contribution in [0.3, 0.4) is 0 Å². The molecule has 0 heterocycles. The van der Waals surface area contributed by atoms with Crippen molar-refractivity contribution in [1.29, 1.82) is 0 Å². The van der Waals surface area contributed by atoms with Gasteiger partial charge in [-0.2, -0.15) is 0 Å². The topological polar surface area (TPSA) is 96.8 Å². The molecule has 0 saturated heterocycles. The second-order valence-corrected chi connectivity index (χ2v) is 17.0. The molecule has 50 heavy (non-hydrogen) atoms. The van der Waals surface area contributed by atoms with Crippen LogP contribution in [0.2, 0.25) is 0 Å². The number of hydrogen-bond acceptors (Lipinski definition) is 6. The van der Waals surface area contributed by atoms with Crippen LogP contribution in [-0.2, 0) is 9.53 Å². The molecule has 8 atom stereocenters. The number of carbonyl (C=O) groups excluding carboxylic acids is 1. The summed E-state index contributed by atoms with van der Waals surface area (Å²) in [7, 11) is 0. The van der Waals surface area contributed by atoms with E-state index in [1.54, 1.807) is 29.8 Å². The van der Waals surface area contributed by atoms with E-state index in [9.17, 15) is 4.79 Å². The van der Waals surface area contributed by atoms with Crippen LogP contribution in [0.15, 0.2) is 60.2 Å². The molecule has 2 aromatic rings. The maximum atomic E-state index is 12.2. The average molecular weight is 683 g/mol. The summed E-state index contributed by atoms with van der Waals surface area (Å²) in [6.45, 7) is 12.9. The van der Waals surface area contributed by atoms with Crippen molar-refractivity contribution < 1.29 is 19.0 Å². The van der Waals surface area contributed by atoms with Gasteiger partial charge in [0.1, 0.15) is 30.8 Å². The Balaban J connectivity index is 0.977. The Bertz CT molecular complexity index is 1530.